The first-order chi connectivity index (χ1) is 11.1. The summed E-state index contributed by atoms with van der Waals surface area (Å²) >= 11 is 0. The molecule has 0 aromatic heterocycles. The van der Waals surface area contributed by atoms with E-state index in [4.69, 9.17) is 0 Å². The van der Waals surface area contributed by atoms with E-state index in [0.717, 1.165) is 25.3 Å². The van der Waals surface area contributed by atoms with E-state index in [1.54, 1.807) is 0 Å². The van der Waals surface area contributed by atoms with E-state index in [2.05, 4.69) is 0 Å². The van der Waals surface area contributed by atoms with Crippen molar-refractivity contribution < 1.29 is 23.4 Å². The number of fused-ring (bicyclic) bond motifs is 2. The first-order valence-corrected chi connectivity index (χ1v) is 8.38. The van der Waals surface area contributed by atoms with Crippen LogP contribution in [0.2, 0.25) is 0 Å². The van der Waals surface area contributed by atoms with Crippen molar-refractivity contribution in [3.63, 3.8) is 0 Å². The van der Waals surface area contributed by atoms with Crippen LogP contribution >= 0.6 is 12.4 Å². The van der Waals surface area contributed by atoms with Crippen molar-refractivity contribution >= 4 is 12.4 Å². The predicted octanol–water partition coefficient (Wildman–Crippen LogP) is 4.02. The van der Waals surface area contributed by atoms with Gasteiger partial charge in [0, 0.05) is 12.5 Å². The van der Waals surface area contributed by atoms with Crippen molar-refractivity contribution in [2.75, 3.05) is 20.6 Å². The minimum atomic E-state index is -4.55. The molecule has 2 N–H and O–H groups in total. The van der Waals surface area contributed by atoms with Crippen LogP contribution in [-0.2, 0) is 11.8 Å². The van der Waals surface area contributed by atoms with Crippen molar-refractivity contribution in [1.82, 2.24) is 4.90 Å². The number of halogens is 4. The van der Waals surface area contributed by atoms with Gasteiger partial charge in [0.15, 0.2) is 0 Å². The van der Waals surface area contributed by atoms with E-state index in [1.807, 2.05) is 19.0 Å². The molecular formula is C18H25ClF3NO2. The number of hydrogen-bond donors (Lipinski definition) is 2. The lowest BCUT2D eigenvalue weighted by molar-refractivity contribution is -0.138. The van der Waals surface area contributed by atoms with Crippen molar-refractivity contribution in [2.45, 2.75) is 37.5 Å². The second-order valence-corrected chi connectivity index (χ2v) is 7.70. The fourth-order valence-electron chi connectivity index (χ4n) is 4.70. The zero-order valence-corrected chi connectivity index (χ0v) is 15.2. The molecule has 0 amide bonds. The molecule has 1 aromatic rings. The highest BCUT2D eigenvalue weighted by molar-refractivity contribution is 5.85. The Morgan fingerprint density at radius 3 is 2.48 bits per heavy atom. The first kappa shape index (κ1) is 20.3. The molecule has 7 heteroatoms. The number of nitrogens with zero attached hydrogens (tertiary/aromatic N) is 1. The molecular weight excluding hydrogens is 355 g/mol. The topological polar surface area (TPSA) is 43.7 Å². The van der Waals surface area contributed by atoms with Crippen molar-refractivity contribution in [3.8, 4) is 5.75 Å². The maximum Gasteiger partial charge on any atom is 0.416 e. The van der Waals surface area contributed by atoms with Crippen molar-refractivity contribution in [1.29, 1.82) is 0 Å². The summed E-state index contributed by atoms with van der Waals surface area (Å²) in [5.41, 5.74) is -2.04. The van der Waals surface area contributed by atoms with Gasteiger partial charge in [0.2, 0.25) is 0 Å². The van der Waals surface area contributed by atoms with Crippen molar-refractivity contribution in [3.05, 3.63) is 29.3 Å². The zero-order valence-electron chi connectivity index (χ0n) is 14.4. The SMILES string of the molecule is CN(C)CC1C2CCC(C2)CC1(O)c1cc(O)cc(C(F)(F)F)c1.Cl. The van der Waals surface area contributed by atoms with Crippen molar-refractivity contribution in [2.24, 2.45) is 17.8 Å². The van der Waals surface area contributed by atoms with Crippen LogP contribution in [0.4, 0.5) is 13.2 Å². The standard InChI is InChI=1S/C18H24F3NO2.ClH/c1-22(2)10-16-12-4-3-11(5-12)9-17(16,24)13-6-14(18(19,20)21)8-15(23)7-13;/h6-8,11-12,16,23-24H,3-5,9-10H2,1-2H3;1H. The third-order valence-electron chi connectivity index (χ3n) is 5.67. The molecule has 3 rings (SSSR count). The number of rotatable bonds is 3. The third kappa shape index (κ3) is 3.91. The molecule has 2 bridgehead atoms. The summed E-state index contributed by atoms with van der Waals surface area (Å²) < 4.78 is 39.3. The number of hydrogen-bond acceptors (Lipinski definition) is 3. The Morgan fingerprint density at radius 1 is 1.20 bits per heavy atom. The molecule has 0 spiro atoms. The summed E-state index contributed by atoms with van der Waals surface area (Å²) in [7, 11) is 3.82. The molecule has 0 radical (unpaired) electrons. The fraction of sp³-hybridized carbons (Fsp3) is 0.667. The number of alkyl halides is 3. The van der Waals surface area contributed by atoms with Crippen LogP contribution < -0.4 is 0 Å². The van der Waals surface area contributed by atoms with Gasteiger partial charge in [-0.05, 0) is 69.0 Å². The average molecular weight is 380 g/mol. The maximum atomic E-state index is 13.1. The third-order valence-corrected chi connectivity index (χ3v) is 5.67. The van der Waals surface area contributed by atoms with E-state index in [9.17, 15) is 23.4 Å². The predicted molar refractivity (Wildman–Crippen MR) is 91.7 cm³/mol. The van der Waals surface area contributed by atoms with Crippen LogP contribution in [0.25, 0.3) is 0 Å². The van der Waals surface area contributed by atoms with E-state index < -0.39 is 23.1 Å². The molecule has 2 fully saturated rings. The molecule has 2 aliphatic carbocycles. The van der Waals surface area contributed by atoms with Gasteiger partial charge in [-0.1, -0.05) is 6.42 Å². The molecule has 3 nitrogen and oxygen atoms in total. The molecule has 2 aliphatic rings. The van der Waals surface area contributed by atoms with Gasteiger partial charge in [0.25, 0.3) is 0 Å². The Hall–Kier alpha value is -0.980. The van der Waals surface area contributed by atoms with Crippen LogP contribution in [0.1, 0.15) is 36.8 Å². The van der Waals surface area contributed by atoms with Crippen LogP contribution in [0.15, 0.2) is 18.2 Å². The minimum Gasteiger partial charge on any atom is -0.508 e. The van der Waals surface area contributed by atoms with Gasteiger partial charge in [-0.2, -0.15) is 13.2 Å². The number of phenols is 1. The lowest BCUT2D eigenvalue weighted by atomic mass is 9.65. The fourth-order valence-corrected chi connectivity index (χ4v) is 4.70. The first-order valence-electron chi connectivity index (χ1n) is 8.38. The highest BCUT2D eigenvalue weighted by atomic mass is 35.5. The largest absolute Gasteiger partial charge is 0.508 e. The highest BCUT2D eigenvalue weighted by Gasteiger charge is 2.51. The van der Waals surface area contributed by atoms with Crippen LogP contribution in [-0.4, -0.2) is 35.8 Å². The highest BCUT2D eigenvalue weighted by Crippen LogP contribution is 2.55. The molecule has 0 saturated heterocycles. The van der Waals surface area contributed by atoms with Crippen LogP contribution in [0.5, 0.6) is 5.75 Å². The van der Waals surface area contributed by atoms with Crippen LogP contribution in [0.3, 0.4) is 0 Å². The Kier molecular flexibility index (Phi) is 5.67. The molecule has 4 atom stereocenters. The smallest absolute Gasteiger partial charge is 0.416 e. The van der Waals surface area contributed by atoms with E-state index in [0.29, 0.717) is 30.9 Å². The maximum absolute atomic E-state index is 13.1. The average Bonchev–Trinajstić information content (AvgIpc) is 2.85. The minimum absolute atomic E-state index is 0. The molecule has 2 saturated carbocycles. The Bertz CT molecular complexity index is 623. The summed E-state index contributed by atoms with van der Waals surface area (Å²) in [5, 5.41) is 21.2. The Balaban J connectivity index is 0.00000225. The summed E-state index contributed by atoms with van der Waals surface area (Å²) in [4.78, 5) is 1.97. The second kappa shape index (κ2) is 6.97. The molecule has 0 aliphatic heterocycles. The number of phenolic OH excluding ortho intramolecular Hbond substituents is 1. The summed E-state index contributed by atoms with van der Waals surface area (Å²) in [6, 6.07) is 3.01. The summed E-state index contributed by atoms with van der Waals surface area (Å²) in [6.07, 6.45) is -1.03. The van der Waals surface area contributed by atoms with Gasteiger partial charge < -0.3 is 15.1 Å². The molecule has 0 heterocycles. The van der Waals surface area contributed by atoms with E-state index >= 15 is 0 Å². The molecule has 25 heavy (non-hydrogen) atoms. The van der Waals surface area contributed by atoms with Gasteiger partial charge in [0.05, 0.1) is 11.2 Å². The second-order valence-electron chi connectivity index (χ2n) is 7.70. The summed E-state index contributed by atoms with van der Waals surface area (Å²) in [6.45, 7) is 0.616. The number of benzene rings is 1. The number of aromatic hydroxyl groups is 1. The molecule has 1 aromatic carbocycles. The zero-order chi connectivity index (χ0) is 17.7. The van der Waals surface area contributed by atoms with Gasteiger partial charge >= 0.3 is 6.18 Å². The van der Waals surface area contributed by atoms with E-state index in [-0.39, 0.29) is 23.9 Å². The van der Waals surface area contributed by atoms with Crippen LogP contribution in [0, 0.1) is 17.8 Å². The quantitative estimate of drug-likeness (QED) is 0.833. The lowest BCUT2D eigenvalue weighted by Gasteiger charge is -2.45. The Labute approximate surface area is 152 Å². The van der Waals surface area contributed by atoms with Gasteiger partial charge in [0.1, 0.15) is 5.75 Å². The number of aliphatic hydroxyl groups is 1. The van der Waals surface area contributed by atoms with Gasteiger partial charge in [-0.25, -0.2) is 0 Å². The van der Waals surface area contributed by atoms with Gasteiger partial charge in [-0.3, -0.25) is 0 Å². The van der Waals surface area contributed by atoms with Gasteiger partial charge in [-0.15, -0.1) is 12.4 Å². The van der Waals surface area contributed by atoms with E-state index in [1.165, 1.54) is 6.07 Å². The monoisotopic (exact) mass is 379 g/mol. The summed E-state index contributed by atoms with van der Waals surface area (Å²) in [5.74, 6) is 0.0758. The normalized spacial score (nSPS) is 31.9. The Morgan fingerprint density at radius 2 is 1.88 bits per heavy atom. The lowest BCUT2D eigenvalue weighted by Crippen LogP contribution is -2.47. The molecule has 142 valence electrons. The molecule has 4 unspecified atom stereocenters.